The highest BCUT2D eigenvalue weighted by atomic mass is 16.5. The monoisotopic (exact) mass is 591 g/mol. The molecule has 1 aliphatic heterocycles. The highest BCUT2D eigenvalue weighted by Crippen LogP contribution is 2.43. The summed E-state index contributed by atoms with van der Waals surface area (Å²) in [6, 6.07) is 10.1. The van der Waals surface area contributed by atoms with Crippen molar-refractivity contribution in [2.75, 3.05) is 31.2 Å². The Hall–Kier alpha value is -4.18. The number of hydrogen-bond donors (Lipinski definition) is 2. The van der Waals surface area contributed by atoms with Crippen LogP contribution in [-0.2, 0) is 9.53 Å². The molecule has 0 saturated carbocycles. The molecule has 0 aliphatic carbocycles. The maximum Gasteiger partial charge on any atom is 0.339 e. The summed E-state index contributed by atoms with van der Waals surface area (Å²) in [5, 5.41) is 19.6. The number of carbonyl (C=O) groups is 2. The van der Waals surface area contributed by atoms with Crippen LogP contribution >= 0.6 is 0 Å². The lowest BCUT2D eigenvalue weighted by atomic mass is 9.82. The van der Waals surface area contributed by atoms with Crippen LogP contribution in [0.5, 0.6) is 11.5 Å². The molecule has 1 fully saturated rings. The first-order valence-corrected chi connectivity index (χ1v) is 14.5. The molecule has 3 aromatic rings. The number of anilines is 1. The van der Waals surface area contributed by atoms with Crippen molar-refractivity contribution in [3.05, 3.63) is 65.6 Å². The number of aromatic nitrogens is 2. The third-order valence-corrected chi connectivity index (χ3v) is 7.42. The smallest absolute Gasteiger partial charge is 0.339 e. The third-order valence-electron chi connectivity index (χ3n) is 7.42. The third kappa shape index (κ3) is 8.01. The first kappa shape index (κ1) is 31.7. The van der Waals surface area contributed by atoms with E-state index in [0.717, 1.165) is 37.2 Å². The molecular formula is C33H41N3O7. The summed E-state index contributed by atoms with van der Waals surface area (Å²) in [5.41, 5.74) is 2.88. The fourth-order valence-electron chi connectivity index (χ4n) is 5.08. The summed E-state index contributed by atoms with van der Waals surface area (Å²) in [7, 11) is 0. The fourth-order valence-corrected chi connectivity index (χ4v) is 5.08. The number of hydrogen-bond acceptors (Lipinski definition) is 8. The molecule has 4 rings (SSSR count). The Labute approximate surface area is 252 Å². The molecule has 3 heterocycles. The molecule has 0 bridgehead atoms. The number of aryl methyl sites for hydroxylation is 1. The highest BCUT2D eigenvalue weighted by Gasteiger charge is 2.36. The number of benzene rings is 1. The average molecular weight is 592 g/mol. The number of nitrogens with zero attached hydrogens (tertiary/aromatic N) is 3. The van der Waals surface area contributed by atoms with E-state index < -0.39 is 23.6 Å². The van der Waals surface area contributed by atoms with Gasteiger partial charge in [-0.3, -0.25) is 9.97 Å². The lowest BCUT2D eigenvalue weighted by Gasteiger charge is -2.40. The predicted octanol–water partition coefficient (Wildman–Crippen LogP) is 6.18. The van der Waals surface area contributed by atoms with Crippen LogP contribution in [0, 0.1) is 12.3 Å². The Morgan fingerprint density at radius 3 is 2.26 bits per heavy atom. The molecule has 0 spiro atoms. The summed E-state index contributed by atoms with van der Waals surface area (Å²) < 4.78 is 17.5. The van der Waals surface area contributed by atoms with Crippen LogP contribution in [0.3, 0.4) is 0 Å². The van der Waals surface area contributed by atoms with Gasteiger partial charge in [0.1, 0.15) is 30.3 Å². The van der Waals surface area contributed by atoms with Crippen LogP contribution < -0.4 is 14.4 Å². The van der Waals surface area contributed by atoms with Gasteiger partial charge < -0.3 is 29.3 Å². The number of aliphatic carboxylic acids is 1. The van der Waals surface area contributed by atoms with Crippen molar-refractivity contribution < 1.29 is 34.0 Å². The minimum atomic E-state index is -1.20. The van der Waals surface area contributed by atoms with Gasteiger partial charge in [0.05, 0.1) is 23.2 Å². The van der Waals surface area contributed by atoms with Crippen molar-refractivity contribution >= 4 is 17.6 Å². The zero-order valence-corrected chi connectivity index (χ0v) is 25.7. The standard InChI is InChI=1S/C33H41N3O7/c1-21-27(29(31(39)40)43-32(2,3)4)28(36-15-13-33(5,6)14-16-36)24(20-34-21)25-12-11-22(19-35-25)41-17-18-42-26-10-8-7-9-23(26)30(37)38/h7-12,19-20,29H,13-18H2,1-6H3,(H,37,38)(H,39,40)/t29-/m0/s1. The largest absolute Gasteiger partial charge is 0.489 e. The molecule has 1 aliphatic rings. The summed E-state index contributed by atoms with van der Waals surface area (Å²) in [6.45, 7) is 13.7. The topological polar surface area (TPSA) is 131 Å². The number of piperidine rings is 1. The van der Waals surface area contributed by atoms with Gasteiger partial charge in [0, 0.05) is 36.1 Å². The number of para-hydroxylation sites is 1. The van der Waals surface area contributed by atoms with Gasteiger partial charge in [0.15, 0.2) is 6.10 Å². The quantitative estimate of drug-likeness (QED) is 0.249. The molecule has 1 saturated heterocycles. The van der Waals surface area contributed by atoms with E-state index in [0.29, 0.717) is 22.7 Å². The summed E-state index contributed by atoms with van der Waals surface area (Å²) in [6.07, 6.45) is 4.07. The molecule has 10 heteroatoms. The number of carboxylic acids is 2. The molecule has 2 aromatic heterocycles. The second-order valence-corrected chi connectivity index (χ2v) is 12.5. The van der Waals surface area contributed by atoms with Gasteiger partial charge in [0.2, 0.25) is 0 Å². The van der Waals surface area contributed by atoms with Crippen molar-refractivity contribution in [3.63, 3.8) is 0 Å². The average Bonchev–Trinajstić information content (AvgIpc) is 2.94. The van der Waals surface area contributed by atoms with Gasteiger partial charge in [0.25, 0.3) is 0 Å². The van der Waals surface area contributed by atoms with Gasteiger partial charge in [-0.05, 0) is 70.2 Å². The molecule has 230 valence electrons. The van der Waals surface area contributed by atoms with Gasteiger partial charge >= 0.3 is 11.9 Å². The zero-order valence-electron chi connectivity index (χ0n) is 25.7. The number of carboxylic acid groups (broad SMARTS) is 2. The Kier molecular flexibility index (Phi) is 9.59. The number of pyridine rings is 2. The van der Waals surface area contributed by atoms with E-state index in [9.17, 15) is 19.8 Å². The summed E-state index contributed by atoms with van der Waals surface area (Å²) in [5.74, 6) is -1.34. The van der Waals surface area contributed by atoms with Gasteiger partial charge in [-0.1, -0.05) is 26.0 Å². The SMILES string of the molecule is Cc1ncc(-c2ccc(OCCOc3ccccc3C(=O)O)cn2)c(N2CCC(C)(C)CC2)c1[C@H](OC(C)(C)C)C(=O)O. The first-order valence-electron chi connectivity index (χ1n) is 14.5. The van der Waals surface area contributed by atoms with Gasteiger partial charge in [-0.25, -0.2) is 9.59 Å². The van der Waals surface area contributed by atoms with Crippen LogP contribution in [0.25, 0.3) is 11.3 Å². The molecular weight excluding hydrogens is 550 g/mol. The van der Waals surface area contributed by atoms with E-state index in [-0.39, 0.29) is 29.9 Å². The Morgan fingerprint density at radius 1 is 0.977 bits per heavy atom. The molecule has 1 atom stereocenters. The van der Waals surface area contributed by atoms with Crippen molar-refractivity contribution in [2.45, 2.75) is 66.1 Å². The second-order valence-electron chi connectivity index (χ2n) is 12.5. The van der Waals surface area contributed by atoms with E-state index in [1.165, 1.54) is 6.07 Å². The maximum absolute atomic E-state index is 12.6. The minimum Gasteiger partial charge on any atom is -0.489 e. The predicted molar refractivity (Wildman–Crippen MR) is 163 cm³/mol. The number of aromatic carboxylic acids is 1. The molecule has 43 heavy (non-hydrogen) atoms. The van der Waals surface area contributed by atoms with Crippen LogP contribution in [0.1, 0.15) is 75.2 Å². The van der Waals surface area contributed by atoms with E-state index in [1.54, 1.807) is 36.7 Å². The Bertz CT molecular complexity index is 1440. The second kappa shape index (κ2) is 13.0. The molecule has 2 N–H and O–H groups in total. The van der Waals surface area contributed by atoms with Crippen molar-refractivity contribution in [1.29, 1.82) is 0 Å². The first-order chi connectivity index (χ1) is 20.3. The van der Waals surface area contributed by atoms with Crippen LogP contribution in [0.15, 0.2) is 48.8 Å². The summed E-state index contributed by atoms with van der Waals surface area (Å²) in [4.78, 5) is 35.5. The normalized spacial score (nSPS) is 15.5. The number of ether oxygens (including phenoxy) is 3. The Morgan fingerprint density at radius 2 is 1.65 bits per heavy atom. The van der Waals surface area contributed by atoms with Crippen molar-refractivity contribution in [3.8, 4) is 22.8 Å². The van der Waals surface area contributed by atoms with E-state index in [4.69, 9.17) is 14.2 Å². The molecule has 1 aromatic carbocycles. The van der Waals surface area contributed by atoms with Crippen molar-refractivity contribution in [2.24, 2.45) is 5.41 Å². The minimum absolute atomic E-state index is 0.0886. The summed E-state index contributed by atoms with van der Waals surface area (Å²) >= 11 is 0. The lowest BCUT2D eigenvalue weighted by molar-refractivity contribution is -0.160. The Balaban J connectivity index is 1.60. The molecule has 0 radical (unpaired) electrons. The van der Waals surface area contributed by atoms with Crippen LogP contribution in [0.4, 0.5) is 5.69 Å². The maximum atomic E-state index is 12.6. The van der Waals surface area contributed by atoms with Crippen molar-refractivity contribution in [1.82, 2.24) is 9.97 Å². The molecule has 0 amide bonds. The molecule has 10 nitrogen and oxygen atoms in total. The van der Waals surface area contributed by atoms with Gasteiger partial charge in [-0.2, -0.15) is 0 Å². The number of rotatable bonds is 11. The highest BCUT2D eigenvalue weighted by molar-refractivity contribution is 5.90. The molecule has 0 unspecified atom stereocenters. The van der Waals surface area contributed by atoms with E-state index in [2.05, 4.69) is 28.7 Å². The van der Waals surface area contributed by atoms with Gasteiger partial charge in [-0.15, -0.1) is 0 Å². The van der Waals surface area contributed by atoms with Crippen LogP contribution in [-0.4, -0.2) is 64.0 Å². The zero-order chi connectivity index (χ0) is 31.4. The van der Waals surface area contributed by atoms with Crippen LogP contribution in [0.2, 0.25) is 0 Å². The lowest BCUT2D eigenvalue weighted by Crippen LogP contribution is -2.39. The van der Waals surface area contributed by atoms with E-state index in [1.807, 2.05) is 33.8 Å². The van der Waals surface area contributed by atoms with E-state index >= 15 is 0 Å². The fraction of sp³-hybridized carbons (Fsp3) is 0.455.